The second-order valence-corrected chi connectivity index (χ2v) is 3.86. The topological polar surface area (TPSA) is 65.0 Å². The van der Waals surface area contributed by atoms with E-state index in [1.807, 2.05) is 0 Å². The molecular weight excluding hydrogens is 260 g/mol. The average molecular weight is 278 g/mol. The first kappa shape index (κ1) is 15.8. The second kappa shape index (κ2) is 7.38. The Morgan fingerprint density at radius 3 is 2.25 bits per heavy atom. The highest BCUT2D eigenvalue weighted by Gasteiger charge is 2.22. The molecule has 0 saturated heterocycles. The molecule has 0 bridgehead atoms. The molecule has 0 spiro atoms. The van der Waals surface area contributed by atoms with E-state index in [4.69, 9.17) is 14.2 Å². The van der Waals surface area contributed by atoms with E-state index in [0.717, 1.165) is 0 Å². The van der Waals surface area contributed by atoms with Gasteiger partial charge in [-0.2, -0.15) is 0 Å². The number of benzene rings is 1. The van der Waals surface area contributed by atoms with Crippen LogP contribution in [0.3, 0.4) is 0 Å². The van der Waals surface area contributed by atoms with Crippen LogP contribution >= 0.6 is 0 Å². The van der Waals surface area contributed by atoms with Crippen LogP contribution < -0.4 is 9.47 Å². The van der Waals surface area contributed by atoms with Crippen molar-refractivity contribution in [1.82, 2.24) is 0 Å². The Bertz CT molecular complexity index is 507. The lowest BCUT2D eigenvalue weighted by molar-refractivity contribution is -0.139. The number of methoxy groups -OCH3 is 2. The predicted octanol–water partition coefficient (Wildman–Crippen LogP) is 2.01. The Morgan fingerprint density at radius 1 is 1.30 bits per heavy atom. The van der Waals surface area contributed by atoms with Crippen LogP contribution in [-0.4, -0.2) is 31.9 Å². The van der Waals surface area contributed by atoms with Crippen molar-refractivity contribution in [3.05, 3.63) is 41.6 Å². The van der Waals surface area contributed by atoms with Gasteiger partial charge in [0.05, 0.1) is 20.8 Å². The Labute approximate surface area is 118 Å². The van der Waals surface area contributed by atoms with Crippen molar-refractivity contribution < 1.29 is 24.1 Å². The van der Waals surface area contributed by atoms with Crippen LogP contribution in [0, 0.1) is 0 Å². The molecule has 0 fully saturated rings. The Kier molecular flexibility index (Phi) is 5.84. The molecule has 0 saturated carbocycles. The van der Waals surface area contributed by atoms with E-state index < -0.39 is 12.1 Å². The molecule has 0 aliphatic rings. The van der Waals surface area contributed by atoms with Gasteiger partial charge in [-0.3, -0.25) is 0 Å². The smallest absolute Gasteiger partial charge is 0.344 e. The molecule has 5 nitrogen and oxygen atoms in total. The van der Waals surface area contributed by atoms with Crippen LogP contribution in [0.2, 0.25) is 0 Å². The van der Waals surface area contributed by atoms with Crippen molar-refractivity contribution in [3.8, 4) is 11.5 Å². The van der Waals surface area contributed by atoms with Gasteiger partial charge in [-0.05, 0) is 24.6 Å². The molecule has 0 aromatic heterocycles. The predicted molar refractivity (Wildman–Crippen MR) is 73.8 cm³/mol. The molecular formula is C15H18O5. The fourth-order valence-electron chi connectivity index (χ4n) is 1.64. The first-order valence-electron chi connectivity index (χ1n) is 6.05. The van der Waals surface area contributed by atoms with E-state index in [2.05, 4.69) is 12.3 Å². The number of carbonyl (C=O) groups excluding carboxylic acids is 1. The summed E-state index contributed by atoms with van der Waals surface area (Å²) < 4.78 is 15.1. The molecule has 1 atom stereocenters. The highest BCUT2D eigenvalue weighted by Crippen LogP contribution is 2.29. The number of carbonyl (C=O) groups is 1. The van der Waals surface area contributed by atoms with Crippen molar-refractivity contribution in [2.75, 3.05) is 20.8 Å². The zero-order valence-electron chi connectivity index (χ0n) is 11.8. The largest absolute Gasteiger partial charge is 0.497 e. The molecule has 1 N–H and O–H groups in total. The molecule has 0 aliphatic carbocycles. The molecule has 0 amide bonds. The summed E-state index contributed by atoms with van der Waals surface area (Å²) in [6, 6.07) is 4.87. The van der Waals surface area contributed by atoms with E-state index in [1.54, 1.807) is 25.1 Å². The van der Waals surface area contributed by atoms with Crippen LogP contribution in [0.25, 0.3) is 0 Å². The summed E-state index contributed by atoms with van der Waals surface area (Å²) in [5.41, 5.74) is 2.80. The first-order valence-corrected chi connectivity index (χ1v) is 6.05. The lowest BCUT2D eigenvalue weighted by Crippen LogP contribution is -2.14. The number of aliphatic hydroxyl groups excluding tert-OH is 1. The van der Waals surface area contributed by atoms with Crippen LogP contribution in [0.15, 0.2) is 36.1 Å². The van der Waals surface area contributed by atoms with Gasteiger partial charge in [0.1, 0.15) is 23.2 Å². The highest BCUT2D eigenvalue weighted by atomic mass is 16.5. The number of aliphatic hydroxyl groups is 1. The van der Waals surface area contributed by atoms with E-state index in [1.165, 1.54) is 14.2 Å². The standard InChI is InChI=1S/C15H18O5/c1-5-13(15(17)20-6-2)14(16)10-7-11(18-3)9-12(8-10)19-4/h7-9,14,16H,1,6H2,2-4H3. The summed E-state index contributed by atoms with van der Waals surface area (Å²) in [6.07, 6.45) is -1.21. The zero-order valence-corrected chi connectivity index (χ0v) is 11.8. The molecule has 20 heavy (non-hydrogen) atoms. The van der Waals surface area contributed by atoms with E-state index >= 15 is 0 Å². The molecule has 1 rings (SSSR count). The Balaban J connectivity index is 3.15. The van der Waals surface area contributed by atoms with Crippen molar-refractivity contribution in [2.24, 2.45) is 0 Å². The summed E-state index contributed by atoms with van der Waals surface area (Å²) in [4.78, 5) is 11.7. The molecule has 0 radical (unpaired) electrons. The summed E-state index contributed by atoms with van der Waals surface area (Å²) in [5, 5.41) is 10.3. The van der Waals surface area contributed by atoms with Crippen LogP contribution in [0.5, 0.6) is 11.5 Å². The molecule has 0 aliphatic heterocycles. The SMILES string of the molecule is C=C=C(C(=O)OCC)C(O)c1cc(OC)cc(OC)c1. The lowest BCUT2D eigenvalue weighted by Gasteiger charge is -2.15. The fraction of sp³-hybridized carbons (Fsp3) is 0.333. The third-order valence-corrected chi connectivity index (χ3v) is 2.65. The number of ether oxygens (including phenoxy) is 3. The van der Waals surface area contributed by atoms with Gasteiger partial charge < -0.3 is 19.3 Å². The monoisotopic (exact) mass is 278 g/mol. The quantitative estimate of drug-likeness (QED) is 0.490. The van der Waals surface area contributed by atoms with Gasteiger partial charge in [0.15, 0.2) is 0 Å². The van der Waals surface area contributed by atoms with Gasteiger partial charge in [-0.15, -0.1) is 5.73 Å². The summed E-state index contributed by atoms with van der Waals surface area (Å²) in [6.45, 7) is 5.30. The number of hydrogen-bond acceptors (Lipinski definition) is 5. The molecule has 1 aromatic carbocycles. The van der Waals surface area contributed by atoms with Crippen LogP contribution in [0.4, 0.5) is 0 Å². The zero-order chi connectivity index (χ0) is 15.1. The Morgan fingerprint density at radius 2 is 1.85 bits per heavy atom. The van der Waals surface area contributed by atoms with Crippen molar-refractivity contribution in [3.63, 3.8) is 0 Å². The second-order valence-electron chi connectivity index (χ2n) is 3.86. The minimum Gasteiger partial charge on any atom is -0.497 e. The maximum absolute atomic E-state index is 11.7. The fourth-order valence-corrected chi connectivity index (χ4v) is 1.64. The van der Waals surface area contributed by atoms with Gasteiger partial charge in [0.2, 0.25) is 0 Å². The molecule has 0 heterocycles. The van der Waals surface area contributed by atoms with Crippen molar-refractivity contribution in [2.45, 2.75) is 13.0 Å². The highest BCUT2D eigenvalue weighted by molar-refractivity contribution is 5.89. The first-order chi connectivity index (χ1) is 9.57. The summed E-state index contributed by atoms with van der Waals surface area (Å²) >= 11 is 0. The molecule has 1 aromatic rings. The van der Waals surface area contributed by atoms with Gasteiger partial charge in [0.25, 0.3) is 0 Å². The maximum atomic E-state index is 11.7. The lowest BCUT2D eigenvalue weighted by atomic mass is 10.0. The van der Waals surface area contributed by atoms with E-state index in [-0.39, 0.29) is 12.2 Å². The minimum absolute atomic E-state index is 0.0536. The van der Waals surface area contributed by atoms with Crippen molar-refractivity contribution >= 4 is 5.97 Å². The van der Waals surface area contributed by atoms with Crippen LogP contribution in [-0.2, 0) is 9.53 Å². The maximum Gasteiger partial charge on any atom is 0.344 e. The van der Waals surface area contributed by atoms with Gasteiger partial charge in [-0.25, -0.2) is 4.79 Å². The number of hydrogen-bond donors (Lipinski definition) is 1. The minimum atomic E-state index is -1.21. The molecule has 1 unspecified atom stereocenters. The average Bonchev–Trinajstić information content (AvgIpc) is 2.47. The van der Waals surface area contributed by atoms with Gasteiger partial charge in [0, 0.05) is 6.07 Å². The van der Waals surface area contributed by atoms with Crippen molar-refractivity contribution in [1.29, 1.82) is 0 Å². The number of esters is 1. The number of rotatable bonds is 6. The molecule has 108 valence electrons. The summed E-state index contributed by atoms with van der Waals surface area (Å²) in [7, 11) is 3.00. The third-order valence-electron chi connectivity index (χ3n) is 2.65. The van der Waals surface area contributed by atoms with Crippen LogP contribution in [0.1, 0.15) is 18.6 Å². The van der Waals surface area contributed by atoms with Gasteiger partial charge in [-0.1, -0.05) is 6.58 Å². The Hall–Kier alpha value is -2.23. The molecule has 5 heteroatoms. The normalized spacial score (nSPS) is 11.2. The van der Waals surface area contributed by atoms with E-state index in [9.17, 15) is 9.90 Å². The van der Waals surface area contributed by atoms with Gasteiger partial charge >= 0.3 is 5.97 Å². The third kappa shape index (κ3) is 3.63. The summed E-state index contributed by atoms with van der Waals surface area (Å²) in [5.74, 6) is 0.355. The van der Waals surface area contributed by atoms with E-state index in [0.29, 0.717) is 17.1 Å².